The molecule has 0 aliphatic carbocycles. The van der Waals surface area contributed by atoms with Crippen LogP contribution in [0, 0.1) is 0 Å². The Morgan fingerprint density at radius 1 is 1.38 bits per heavy atom. The molecule has 3 rings (SSSR count). The Morgan fingerprint density at radius 3 is 2.88 bits per heavy atom. The fourth-order valence-corrected chi connectivity index (χ4v) is 2.38. The van der Waals surface area contributed by atoms with Crippen molar-refractivity contribution < 1.29 is 18.6 Å². The predicted molar refractivity (Wildman–Crippen MR) is 55.4 cm³/mol. The third-order valence-electron chi connectivity index (χ3n) is 2.53. The van der Waals surface area contributed by atoms with Crippen molar-refractivity contribution in [3.05, 3.63) is 18.4 Å². The van der Waals surface area contributed by atoms with Gasteiger partial charge in [0, 0.05) is 22.7 Å². The predicted octanol–water partition coefficient (Wildman–Crippen LogP) is 1.06. The molecule has 0 saturated carbocycles. The molecule has 2 saturated heterocycles. The van der Waals surface area contributed by atoms with Crippen LogP contribution in [0.25, 0.3) is 0 Å². The summed E-state index contributed by atoms with van der Waals surface area (Å²) in [5.74, 6) is 0.525. The molecular weight excluding hydrogens is 280 g/mol. The van der Waals surface area contributed by atoms with Crippen LogP contribution >= 0.6 is 16.1 Å². The second-order valence-corrected chi connectivity index (χ2v) is 4.50. The maximum atomic E-state index is 5.77. The first kappa shape index (κ1) is 10.7. The van der Waals surface area contributed by atoms with Gasteiger partial charge in [0.2, 0.25) is 5.89 Å². The summed E-state index contributed by atoms with van der Waals surface area (Å²) in [7, 11) is 0. The Hall–Kier alpha value is -0.470. The third-order valence-corrected chi connectivity index (χ3v) is 3.19. The van der Waals surface area contributed by atoms with Crippen molar-refractivity contribution >= 4 is 16.1 Å². The van der Waals surface area contributed by atoms with E-state index in [4.69, 9.17) is 18.6 Å². The molecule has 0 radical (unpaired) electrons. The Labute approximate surface area is 101 Å². The largest absolute Gasteiger partial charge is 0.445 e. The van der Waals surface area contributed by atoms with Crippen LogP contribution in [0.5, 0.6) is 0 Å². The van der Waals surface area contributed by atoms with Crippen LogP contribution in [0.4, 0.5) is 0 Å². The Kier molecular flexibility index (Phi) is 2.95. The van der Waals surface area contributed by atoms with Gasteiger partial charge in [0.05, 0.1) is 19.4 Å². The number of oxazole rings is 1. The molecule has 2 atom stereocenters. The quantitative estimate of drug-likeness (QED) is 0.759. The van der Waals surface area contributed by atoms with E-state index in [-0.39, 0.29) is 18.6 Å². The van der Waals surface area contributed by atoms with E-state index in [0.717, 1.165) is 0 Å². The number of hydrogen-bond acceptors (Lipinski definition) is 6. The first-order chi connectivity index (χ1) is 7.84. The van der Waals surface area contributed by atoms with Gasteiger partial charge in [0.1, 0.15) is 12.4 Å². The van der Waals surface area contributed by atoms with E-state index in [9.17, 15) is 0 Å². The van der Waals surface area contributed by atoms with E-state index < -0.39 is 0 Å². The van der Waals surface area contributed by atoms with Crippen LogP contribution in [-0.2, 0) is 14.2 Å². The second-order valence-electron chi connectivity index (χ2n) is 3.59. The molecule has 0 bridgehead atoms. The minimum Gasteiger partial charge on any atom is -0.445 e. The van der Waals surface area contributed by atoms with E-state index in [1.807, 2.05) is 3.93 Å². The number of aromatic nitrogens is 1. The Bertz CT molecular complexity index is 341. The molecule has 2 unspecified atom stereocenters. The van der Waals surface area contributed by atoms with Gasteiger partial charge in [-0.3, -0.25) is 0 Å². The molecule has 6 nitrogen and oxygen atoms in total. The van der Waals surface area contributed by atoms with Gasteiger partial charge in [0.25, 0.3) is 0 Å². The standard InChI is InChI=1S/C9H11BrN2O4/c10-12-5-6(9-14-3-4-15-9)16-8(12)7-11-1-2-13-7/h1-2,6,8-9H,3-5H2. The summed E-state index contributed by atoms with van der Waals surface area (Å²) in [6.45, 7) is 1.91. The van der Waals surface area contributed by atoms with Crippen molar-refractivity contribution in [3.63, 3.8) is 0 Å². The minimum absolute atomic E-state index is 0.126. The molecule has 0 N–H and O–H groups in total. The highest BCUT2D eigenvalue weighted by Crippen LogP contribution is 2.34. The van der Waals surface area contributed by atoms with Crippen LogP contribution < -0.4 is 0 Å². The molecule has 16 heavy (non-hydrogen) atoms. The number of halogens is 1. The first-order valence-corrected chi connectivity index (χ1v) is 5.76. The summed E-state index contributed by atoms with van der Waals surface area (Å²) < 4.78 is 23.6. The van der Waals surface area contributed by atoms with Crippen LogP contribution in [0.1, 0.15) is 12.1 Å². The van der Waals surface area contributed by atoms with Gasteiger partial charge in [-0.2, -0.15) is 0 Å². The zero-order valence-corrected chi connectivity index (χ0v) is 10.00. The molecule has 0 aromatic carbocycles. The fourth-order valence-electron chi connectivity index (χ4n) is 1.82. The van der Waals surface area contributed by atoms with Crippen molar-refractivity contribution in [2.45, 2.75) is 18.6 Å². The molecule has 2 fully saturated rings. The lowest BCUT2D eigenvalue weighted by Crippen LogP contribution is -2.29. The van der Waals surface area contributed by atoms with Crippen molar-refractivity contribution in [1.29, 1.82) is 0 Å². The molecule has 3 heterocycles. The normalized spacial score (nSPS) is 32.6. The van der Waals surface area contributed by atoms with Gasteiger partial charge in [0.15, 0.2) is 12.5 Å². The summed E-state index contributed by atoms with van der Waals surface area (Å²) in [5, 5.41) is 0. The lowest BCUT2D eigenvalue weighted by molar-refractivity contribution is -0.140. The van der Waals surface area contributed by atoms with Gasteiger partial charge < -0.3 is 18.6 Å². The minimum atomic E-state index is -0.326. The summed E-state index contributed by atoms with van der Waals surface area (Å²) in [4.78, 5) is 4.06. The van der Waals surface area contributed by atoms with Gasteiger partial charge in [-0.05, 0) is 0 Å². The van der Waals surface area contributed by atoms with Crippen molar-refractivity contribution in [1.82, 2.24) is 8.91 Å². The third kappa shape index (κ3) is 1.89. The van der Waals surface area contributed by atoms with Crippen LogP contribution in [0.2, 0.25) is 0 Å². The zero-order chi connectivity index (χ0) is 11.0. The lowest BCUT2D eigenvalue weighted by Gasteiger charge is -2.15. The molecule has 2 aliphatic rings. The maximum absolute atomic E-state index is 5.77. The van der Waals surface area contributed by atoms with Gasteiger partial charge in [-0.25, -0.2) is 8.91 Å². The van der Waals surface area contributed by atoms with Crippen LogP contribution in [0.3, 0.4) is 0 Å². The summed E-state index contributed by atoms with van der Waals surface area (Å²) >= 11 is 3.41. The highest BCUT2D eigenvalue weighted by Gasteiger charge is 2.41. The topological polar surface area (TPSA) is 57.0 Å². The van der Waals surface area contributed by atoms with Crippen LogP contribution in [-0.4, -0.2) is 41.1 Å². The number of hydrogen-bond donors (Lipinski definition) is 0. The number of rotatable bonds is 2. The lowest BCUT2D eigenvalue weighted by atomic mass is 10.3. The summed E-state index contributed by atoms with van der Waals surface area (Å²) in [6, 6.07) is 0. The number of nitrogens with zero attached hydrogens (tertiary/aromatic N) is 2. The molecule has 1 aromatic rings. The maximum Gasteiger partial charge on any atom is 0.239 e. The summed E-state index contributed by atoms with van der Waals surface area (Å²) in [5.41, 5.74) is 0. The SMILES string of the molecule is BrN1CC(C2OCCO2)OC1c1ncco1. The highest BCUT2D eigenvalue weighted by atomic mass is 79.9. The van der Waals surface area contributed by atoms with E-state index in [2.05, 4.69) is 21.1 Å². The first-order valence-electron chi connectivity index (χ1n) is 5.05. The molecular formula is C9H11BrN2O4. The highest BCUT2D eigenvalue weighted by molar-refractivity contribution is 9.07. The van der Waals surface area contributed by atoms with Gasteiger partial charge in [-0.15, -0.1) is 0 Å². The Morgan fingerprint density at radius 2 is 2.19 bits per heavy atom. The molecule has 0 amide bonds. The van der Waals surface area contributed by atoms with Crippen molar-refractivity contribution in [2.75, 3.05) is 19.8 Å². The van der Waals surface area contributed by atoms with Crippen molar-refractivity contribution in [2.24, 2.45) is 0 Å². The molecule has 0 spiro atoms. The fraction of sp³-hybridized carbons (Fsp3) is 0.667. The van der Waals surface area contributed by atoms with E-state index in [1.54, 1.807) is 6.20 Å². The van der Waals surface area contributed by atoms with E-state index in [0.29, 0.717) is 25.6 Å². The monoisotopic (exact) mass is 290 g/mol. The summed E-state index contributed by atoms with van der Waals surface area (Å²) in [6.07, 6.45) is 2.37. The zero-order valence-electron chi connectivity index (χ0n) is 8.41. The second kappa shape index (κ2) is 4.42. The molecule has 88 valence electrons. The van der Waals surface area contributed by atoms with Crippen molar-refractivity contribution in [3.8, 4) is 0 Å². The average Bonchev–Trinajstić information content (AvgIpc) is 2.97. The van der Waals surface area contributed by atoms with E-state index in [1.165, 1.54) is 6.26 Å². The molecule has 7 heteroatoms. The number of ether oxygens (including phenoxy) is 3. The van der Waals surface area contributed by atoms with Gasteiger partial charge >= 0.3 is 0 Å². The van der Waals surface area contributed by atoms with Crippen LogP contribution in [0.15, 0.2) is 16.9 Å². The Balaban J connectivity index is 1.69. The molecule has 2 aliphatic heterocycles. The smallest absolute Gasteiger partial charge is 0.239 e. The van der Waals surface area contributed by atoms with E-state index >= 15 is 0 Å². The average molecular weight is 291 g/mol. The van der Waals surface area contributed by atoms with Gasteiger partial charge in [-0.1, -0.05) is 0 Å². The molecule has 1 aromatic heterocycles.